The monoisotopic (exact) mass is 293 g/mol. The Balaban J connectivity index is 1.87. The van der Waals surface area contributed by atoms with Crippen LogP contribution in [0.15, 0.2) is 18.2 Å². The van der Waals surface area contributed by atoms with Crippen molar-refractivity contribution in [3.63, 3.8) is 0 Å². The molecule has 1 fully saturated rings. The van der Waals surface area contributed by atoms with Crippen molar-refractivity contribution < 1.29 is 19.7 Å². The third-order valence-corrected chi connectivity index (χ3v) is 4.24. The molecule has 0 amide bonds. The maximum Gasteiger partial charge on any atom is 0.306 e. The number of phenols is 1. The van der Waals surface area contributed by atoms with Crippen LogP contribution in [0, 0.1) is 11.8 Å². The average molecular weight is 293 g/mol. The van der Waals surface area contributed by atoms with E-state index in [4.69, 9.17) is 4.74 Å². The lowest BCUT2D eigenvalue weighted by Gasteiger charge is -2.28. The van der Waals surface area contributed by atoms with Gasteiger partial charge in [-0.15, -0.1) is 0 Å². The average Bonchev–Trinajstić information content (AvgIpc) is 2.49. The summed E-state index contributed by atoms with van der Waals surface area (Å²) in [6, 6.07) is 5.20. The molecule has 5 nitrogen and oxygen atoms in total. The molecule has 0 aromatic heterocycles. The van der Waals surface area contributed by atoms with Gasteiger partial charge in [0.15, 0.2) is 0 Å². The van der Waals surface area contributed by atoms with Crippen LogP contribution >= 0.6 is 0 Å². The van der Waals surface area contributed by atoms with E-state index in [0.29, 0.717) is 18.8 Å². The third kappa shape index (κ3) is 4.11. The summed E-state index contributed by atoms with van der Waals surface area (Å²) < 4.78 is 5.04. The highest BCUT2D eigenvalue weighted by Crippen LogP contribution is 2.30. The molecule has 0 heterocycles. The number of nitrogens with one attached hydrogen (secondary N) is 1. The SMILES string of the molecule is COc1ccc(CNCC2CCCCC2C(=O)O)c(O)c1. The summed E-state index contributed by atoms with van der Waals surface area (Å²) in [6.45, 7) is 1.20. The van der Waals surface area contributed by atoms with Crippen LogP contribution in [-0.4, -0.2) is 29.8 Å². The Kier molecular flexibility index (Phi) is 5.44. The predicted molar refractivity (Wildman–Crippen MR) is 79.4 cm³/mol. The lowest BCUT2D eigenvalue weighted by atomic mass is 9.79. The summed E-state index contributed by atoms with van der Waals surface area (Å²) in [6.07, 6.45) is 3.84. The predicted octanol–water partition coefficient (Wildman–Crippen LogP) is 2.38. The summed E-state index contributed by atoms with van der Waals surface area (Å²) in [4.78, 5) is 11.2. The Morgan fingerprint density at radius 2 is 2.14 bits per heavy atom. The van der Waals surface area contributed by atoms with Gasteiger partial charge in [-0.2, -0.15) is 0 Å². The molecule has 116 valence electrons. The van der Waals surface area contributed by atoms with Crippen LogP contribution in [0.25, 0.3) is 0 Å². The van der Waals surface area contributed by atoms with E-state index in [9.17, 15) is 15.0 Å². The molecule has 3 N–H and O–H groups in total. The van der Waals surface area contributed by atoms with Gasteiger partial charge in [0.05, 0.1) is 13.0 Å². The lowest BCUT2D eigenvalue weighted by molar-refractivity contribution is -0.144. The molecular formula is C16H23NO4. The number of hydrogen-bond donors (Lipinski definition) is 3. The second-order valence-electron chi connectivity index (χ2n) is 5.61. The van der Waals surface area contributed by atoms with E-state index in [-0.39, 0.29) is 17.6 Å². The Labute approximate surface area is 124 Å². The normalized spacial score (nSPS) is 22.0. The Bertz CT molecular complexity index is 489. The topological polar surface area (TPSA) is 78.8 Å². The van der Waals surface area contributed by atoms with Gasteiger partial charge in [-0.25, -0.2) is 0 Å². The fourth-order valence-corrected chi connectivity index (χ4v) is 2.99. The zero-order valence-corrected chi connectivity index (χ0v) is 12.3. The van der Waals surface area contributed by atoms with Crippen LogP contribution < -0.4 is 10.1 Å². The number of phenolic OH excluding ortho intramolecular Hbond substituents is 1. The first kappa shape index (κ1) is 15.6. The van der Waals surface area contributed by atoms with Gasteiger partial charge in [0.1, 0.15) is 11.5 Å². The number of carboxylic acid groups (broad SMARTS) is 1. The summed E-state index contributed by atoms with van der Waals surface area (Å²) in [5.74, 6) is 0.0656. The van der Waals surface area contributed by atoms with Gasteiger partial charge in [0.2, 0.25) is 0 Å². The number of methoxy groups -OCH3 is 1. The minimum absolute atomic E-state index is 0.177. The second-order valence-corrected chi connectivity index (χ2v) is 5.61. The third-order valence-electron chi connectivity index (χ3n) is 4.24. The molecule has 21 heavy (non-hydrogen) atoms. The van der Waals surface area contributed by atoms with E-state index in [1.807, 2.05) is 6.07 Å². The molecule has 2 unspecified atom stereocenters. The standard InChI is InChI=1S/C16H23NO4/c1-21-13-7-6-12(15(18)8-13)10-17-9-11-4-2-3-5-14(11)16(19)20/h6-8,11,14,17-18H,2-5,9-10H2,1H3,(H,19,20). The molecule has 1 aliphatic rings. The smallest absolute Gasteiger partial charge is 0.306 e. The van der Waals surface area contributed by atoms with Crippen molar-refractivity contribution in [1.29, 1.82) is 0 Å². The fraction of sp³-hybridized carbons (Fsp3) is 0.562. The van der Waals surface area contributed by atoms with Gasteiger partial charge in [-0.3, -0.25) is 4.79 Å². The number of benzene rings is 1. The zero-order chi connectivity index (χ0) is 15.2. The van der Waals surface area contributed by atoms with Gasteiger partial charge in [0.25, 0.3) is 0 Å². The summed E-state index contributed by atoms with van der Waals surface area (Å²) >= 11 is 0. The van der Waals surface area contributed by atoms with E-state index in [1.165, 1.54) is 0 Å². The van der Waals surface area contributed by atoms with E-state index in [2.05, 4.69) is 5.32 Å². The molecule has 2 atom stereocenters. The molecule has 0 radical (unpaired) electrons. The van der Waals surface area contributed by atoms with Crippen molar-refractivity contribution in [2.24, 2.45) is 11.8 Å². The van der Waals surface area contributed by atoms with E-state index in [0.717, 1.165) is 31.2 Å². The van der Waals surface area contributed by atoms with E-state index in [1.54, 1.807) is 19.2 Å². The van der Waals surface area contributed by atoms with Crippen molar-refractivity contribution in [2.45, 2.75) is 32.2 Å². The van der Waals surface area contributed by atoms with Crippen LogP contribution in [0.2, 0.25) is 0 Å². The molecule has 0 bridgehead atoms. The first-order valence-electron chi connectivity index (χ1n) is 7.41. The van der Waals surface area contributed by atoms with Crippen LogP contribution in [0.5, 0.6) is 11.5 Å². The van der Waals surface area contributed by atoms with Crippen LogP contribution in [0.4, 0.5) is 0 Å². The number of carboxylic acids is 1. The first-order chi connectivity index (χ1) is 10.1. The van der Waals surface area contributed by atoms with E-state index < -0.39 is 5.97 Å². The second kappa shape index (κ2) is 7.31. The number of rotatable bonds is 6. The van der Waals surface area contributed by atoms with Crippen LogP contribution in [0.1, 0.15) is 31.2 Å². The van der Waals surface area contributed by atoms with Crippen LogP contribution in [0.3, 0.4) is 0 Å². The zero-order valence-electron chi connectivity index (χ0n) is 12.3. The molecule has 5 heteroatoms. The van der Waals surface area contributed by atoms with Gasteiger partial charge < -0.3 is 20.3 Å². The van der Waals surface area contributed by atoms with Crippen molar-refractivity contribution in [3.05, 3.63) is 23.8 Å². The summed E-state index contributed by atoms with van der Waals surface area (Å²) in [5.41, 5.74) is 0.790. The van der Waals surface area contributed by atoms with Gasteiger partial charge in [0, 0.05) is 18.2 Å². The first-order valence-corrected chi connectivity index (χ1v) is 7.41. The van der Waals surface area contributed by atoms with Crippen molar-refractivity contribution in [2.75, 3.05) is 13.7 Å². The minimum Gasteiger partial charge on any atom is -0.507 e. The maximum absolute atomic E-state index is 11.2. The largest absolute Gasteiger partial charge is 0.507 e. The molecule has 0 spiro atoms. The van der Waals surface area contributed by atoms with E-state index >= 15 is 0 Å². The molecule has 2 rings (SSSR count). The molecule has 0 saturated heterocycles. The Hall–Kier alpha value is -1.75. The molecule has 1 aromatic rings. The number of carbonyl (C=O) groups is 1. The summed E-state index contributed by atoms with van der Waals surface area (Å²) in [5, 5.41) is 22.4. The fourth-order valence-electron chi connectivity index (χ4n) is 2.99. The Morgan fingerprint density at radius 3 is 2.81 bits per heavy atom. The van der Waals surface area contributed by atoms with Gasteiger partial charge in [-0.1, -0.05) is 18.9 Å². The molecular weight excluding hydrogens is 270 g/mol. The van der Waals surface area contributed by atoms with Crippen molar-refractivity contribution in [1.82, 2.24) is 5.32 Å². The van der Waals surface area contributed by atoms with Gasteiger partial charge >= 0.3 is 5.97 Å². The number of hydrogen-bond acceptors (Lipinski definition) is 4. The number of aromatic hydroxyl groups is 1. The minimum atomic E-state index is -0.686. The maximum atomic E-state index is 11.2. The highest BCUT2D eigenvalue weighted by atomic mass is 16.5. The highest BCUT2D eigenvalue weighted by Gasteiger charge is 2.30. The highest BCUT2D eigenvalue weighted by molar-refractivity contribution is 5.70. The van der Waals surface area contributed by atoms with Gasteiger partial charge in [-0.05, 0) is 31.4 Å². The van der Waals surface area contributed by atoms with Crippen molar-refractivity contribution in [3.8, 4) is 11.5 Å². The number of aliphatic carboxylic acids is 1. The van der Waals surface area contributed by atoms with Crippen LogP contribution in [-0.2, 0) is 11.3 Å². The number of ether oxygens (including phenoxy) is 1. The lowest BCUT2D eigenvalue weighted by Crippen LogP contribution is -2.34. The molecule has 1 saturated carbocycles. The van der Waals surface area contributed by atoms with Crippen molar-refractivity contribution >= 4 is 5.97 Å². The quantitative estimate of drug-likeness (QED) is 0.750. The molecule has 0 aliphatic heterocycles. The molecule has 1 aliphatic carbocycles. The Morgan fingerprint density at radius 1 is 1.38 bits per heavy atom. The summed E-state index contributed by atoms with van der Waals surface area (Å²) in [7, 11) is 1.56. The molecule has 1 aromatic carbocycles.